The number of hydrogen-bond acceptors (Lipinski definition) is 5. The van der Waals surface area contributed by atoms with Crippen molar-refractivity contribution in [2.45, 2.75) is 6.10 Å². The second kappa shape index (κ2) is 6.41. The highest BCUT2D eigenvalue weighted by Crippen LogP contribution is 2.27. The van der Waals surface area contributed by atoms with Crippen molar-refractivity contribution in [2.75, 3.05) is 45.3 Å². The molecule has 1 unspecified atom stereocenters. The van der Waals surface area contributed by atoms with Crippen molar-refractivity contribution >= 4 is 5.69 Å². The minimum Gasteiger partial charge on any atom is -0.497 e. The molecule has 19 heavy (non-hydrogen) atoms. The standard InChI is InChI=1S/C14H19N3O2/c1-16-9-13-10-17(5-6-19-13)14-7-12(18-2)4-3-11(14)8-15/h3-4,7,13,16H,5-6,9-10H2,1-2H3. The number of morpholine rings is 1. The molecule has 0 spiro atoms. The highest BCUT2D eigenvalue weighted by molar-refractivity contribution is 5.62. The normalized spacial score (nSPS) is 19.0. The summed E-state index contributed by atoms with van der Waals surface area (Å²) in [5, 5.41) is 12.3. The summed E-state index contributed by atoms with van der Waals surface area (Å²) in [7, 11) is 3.54. The van der Waals surface area contributed by atoms with Crippen molar-refractivity contribution in [1.29, 1.82) is 5.26 Å². The highest BCUT2D eigenvalue weighted by atomic mass is 16.5. The van der Waals surface area contributed by atoms with E-state index in [2.05, 4.69) is 16.3 Å². The number of nitrogens with zero attached hydrogens (tertiary/aromatic N) is 2. The van der Waals surface area contributed by atoms with Crippen LogP contribution in [0.1, 0.15) is 5.56 Å². The molecule has 102 valence electrons. The number of rotatable bonds is 4. The summed E-state index contributed by atoms with van der Waals surface area (Å²) in [6, 6.07) is 7.77. The van der Waals surface area contributed by atoms with Gasteiger partial charge in [0.25, 0.3) is 0 Å². The first-order valence-corrected chi connectivity index (χ1v) is 6.37. The molecule has 1 aromatic rings. The van der Waals surface area contributed by atoms with Crippen molar-refractivity contribution in [2.24, 2.45) is 0 Å². The number of nitriles is 1. The van der Waals surface area contributed by atoms with Gasteiger partial charge in [0, 0.05) is 25.7 Å². The number of ether oxygens (including phenoxy) is 2. The number of methoxy groups -OCH3 is 1. The molecule has 1 heterocycles. The summed E-state index contributed by atoms with van der Waals surface area (Å²) in [4.78, 5) is 2.19. The fourth-order valence-electron chi connectivity index (χ4n) is 2.28. The van der Waals surface area contributed by atoms with Crippen molar-refractivity contribution in [3.63, 3.8) is 0 Å². The number of hydrogen-bond donors (Lipinski definition) is 1. The SMILES string of the molecule is CNCC1CN(c2cc(OC)ccc2C#N)CCO1. The highest BCUT2D eigenvalue weighted by Gasteiger charge is 2.22. The summed E-state index contributed by atoms with van der Waals surface area (Å²) in [5.74, 6) is 0.769. The largest absolute Gasteiger partial charge is 0.497 e. The predicted molar refractivity (Wildman–Crippen MR) is 73.6 cm³/mol. The Morgan fingerprint density at radius 3 is 3.11 bits per heavy atom. The summed E-state index contributed by atoms with van der Waals surface area (Å²) in [6.07, 6.45) is 0.150. The lowest BCUT2D eigenvalue weighted by Gasteiger charge is -2.35. The summed E-state index contributed by atoms with van der Waals surface area (Å²) < 4.78 is 10.9. The maximum absolute atomic E-state index is 9.22. The van der Waals surface area contributed by atoms with E-state index in [1.54, 1.807) is 13.2 Å². The fraction of sp³-hybridized carbons (Fsp3) is 0.500. The fourth-order valence-corrected chi connectivity index (χ4v) is 2.28. The van der Waals surface area contributed by atoms with Crippen LogP contribution >= 0.6 is 0 Å². The molecule has 0 aliphatic carbocycles. The molecule has 1 aromatic carbocycles. The van der Waals surface area contributed by atoms with E-state index >= 15 is 0 Å². The molecule has 1 atom stereocenters. The first-order chi connectivity index (χ1) is 9.28. The van der Waals surface area contributed by atoms with E-state index in [0.717, 1.165) is 31.1 Å². The van der Waals surface area contributed by atoms with E-state index in [9.17, 15) is 5.26 Å². The van der Waals surface area contributed by atoms with E-state index in [1.165, 1.54) is 0 Å². The van der Waals surface area contributed by atoms with Gasteiger partial charge < -0.3 is 19.7 Å². The van der Waals surface area contributed by atoms with Crippen molar-refractivity contribution < 1.29 is 9.47 Å². The Bertz CT molecular complexity index is 468. The zero-order valence-corrected chi connectivity index (χ0v) is 11.3. The number of benzene rings is 1. The Kier molecular flexibility index (Phi) is 4.61. The van der Waals surface area contributed by atoms with Gasteiger partial charge in [0.05, 0.1) is 31.1 Å². The van der Waals surface area contributed by atoms with Gasteiger partial charge in [-0.1, -0.05) is 0 Å². The van der Waals surface area contributed by atoms with E-state index in [1.807, 2.05) is 19.2 Å². The number of nitrogens with one attached hydrogen (secondary N) is 1. The number of likely N-dealkylation sites (N-methyl/N-ethyl adjacent to an activating group) is 1. The van der Waals surface area contributed by atoms with E-state index < -0.39 is 0 Å². The lowest BCUT2D eigenvalue weighted by Crippen LogP contribution is -2.46. The second-order valence-corrected chi connectivity index (χ2v) is 4.49. The summed E-state index contributed by atoms with van der Waals surface area (Å²) >= 11 is 0. The minimum atomic E-state index is 0.150. The van der Waals surface area contributed by atoms with Crippen molar-refractivity contribution in [3.8, 4) is 11.8 Å². The van der Waals surface area contributed by atoms with Gasteiger partial charge in [-0.15, -0.1) is 0 Å². The van der Waals surface area contributed by atoms with Gasteiger partial charge in [-0.25, -0.2) is 0 Å². The van der Waals surface area contributed by atoms with E-state index in [0.29, 0.717) is 12.2 Å². The van der Waals surface area contributed by atoms with Crippen LogP contribution in [0, 0.1) is 11.3 Å². The molecule has 0 bridgehead atoms. The lowest BCUT2D eigenvalue weighted by molar-refractivity contribution is 0.0421. The van der Waals surface area contributed by atoms with Crippen LogP contribution in [0.2, 0.25) is 0 Å². The molecule has 0 aromatic heterocycles. The van der Waals surface area contributed by atoms with Gasteiger partial charge >= 0.3 is 0 Å². The minimum absolute atomic E-state index is 0.150. The Balaban J connectivity index is 2.22. The maximum atomic E-state index is 9.22. The van der Waals surface area contributed by atoms with Gasteiger partial charge in [0.2, 0.25) is 0 Å². The Morgan fingerprint density at radius 1 is 1.58 bits per heavy atom. The predicted octanol–water partition coefficient (Wildman–Crippen LogP) is 0.991. The summed E-state index contributed by atoms with van der Waals surface area (Å²) in [6.45, 7) is 3.06. The topological polar surface area (TPSA) is 57.5 Å². The molecule has 5 heteroatoms. The zero-order valence-electron chi connectivity index (χ0n) is 11.3. The third kappa shape index (κ3) is 3.16. The van der Waals surface area contributed by atoms with Crippen LogP contribution in [0.4, 0.5) is 5.69 Å². The van der Waals surface area contributed by atoms with Gasteiger partial charge in [0.1, 0.15) is 11.8 Å². The van der Waals surface area contributed by atoms with Crippen LogP contribution in [0.25, 0.3) is 0 Å². The first kappa shape index (κ1) is 13.7. The van der Waals surface area contributed by atoms with Gasteiger partial charge in [-0.2, -0.15) is 5.26 Å². The average molecular weight is 261 g/mol. The molecule has 1 aliphatic rings. The quantitative estimate of drug-likeness (QED) is 0.876. The molecule has 1 saturated heterocycles. The summed E-state index contributed by atoms with van der Waals surface area (Å²) in [5.41, 5.74) is 1.59. The van der Waals surface area contributed by atoms with Gasteiger partial charge in [0.15, 0.2) is 0 Å². The Labute approximate surface area is 113 Å². The monoisotopic (exact) mass is 261 g/mol. The van der Waals surface area contributed by atoms with Crippen LogP contribution in [0.5, 0.6) is 5.75 Å². The van der Waals surface area contributed by atoms with E-state index in [4.69, 9.17) is 9.47 Å². The van der Waals surface area contributed by atoms with Crippen LogP contribution < -0.4 is 15.0 Å². The first-order valence-electron chi connectivity index (χ1n) is 6.37. The molecule has 0 saturated carbocycles. The molecule has 0 radical (unpaired) electrons. The van der Waals surface area contributed by atoms with Gasteiger partial charge in [-0.3, -0.25) is 0 Å². The zero-order chi connectivity index (χ0) is 13.7. The van der Waals surface area contributed by atoms with Gasteiger partial charge in [-0.05, 0) is 19.2 Å². The average Bonchev–Trinajstić information content (AvgIpc) is 2.47. The van der Waals surface area contributed by atoms with Crippen LogP contribution in [0.15, 0.2) is 18.2 Å². The molecule has 1 N–H and O–H groups in total. The molecular formula is C14H19N3O2. The second-order valence-electron chi connectivity index (χ2n) is 4.49. The molecule has 1 fully saturated rings. The lowest BCUT2D eigenvalue weighted by atomic mass is 10.1. The third-order valence-corrected chi connectivity index (χ3v) is 3.24. The Morgan fingerprint density at radius 2 is 2.42 bits per heavy atom. The molecule has 5 nitrogen and oxygen atoms in total. The molecule has 1 aliphatic heterocycles. The smallest absolute Gasteiger partial charge is 0.121 e. The van der Waals surface area contributed by atoms with Crippen LogP contribution in [-0.4, -0.2) is 46.5 Å². The third-order valence-electron chi connectivity index (χ3n) is 3.24. The molecule has 2 rings (SSSR count). The maximum Gasteiger partial charge on any atom is 0.121 e. The number of anilines is 1. The van der Waals surface area contributed by atoms with E-state index in [-0.39, 0.29) is 6.10 Å². The van der Waals surface area contributed by atoms with Crippen LogP contribution in [0.3, 0.4) is 0 Å². The van der Waals surface area contributed by atoms with Crippen LogP contribution in [-0.2, 0) is 4.74 Å². The molecular weight excluding hydrogens is 242 g/mol. The van der Waals surface area contributed by atoms with Crippen molar-refractivity contribution in [1.82, 2.24) is 5.32 Å². The Hall–Kier alpha value is -1.77. The van der Waals surface area contributed by atoms with Crippen molar-refractivity contribution in [3.05, 3.63) is 23.8 Å². The molecule has 0 amide bonds.